The Labute approximate surface area is 186 Å². The summed E-state index contributed by atoms with van der Waals surface area (Å²) in [5, 5.41) is 0.675. The van der Waals surface area contributed by atoms with Gasteiger partial charge in [-0.3, -0.25) is 0 Å². The van der Waals surface area contributed by atoms with Crippen molar-refractivity contribution in [1.29, 1.82) is 0 Å². The van der Waals surface area contributed by atoms with Crippen molar-refractivity contribution in [1.82, 2.24) is 4.31 Å². The molecule has 0 spiro atoms. The van der Waals surface area contributed by atoms with Crippen LogP contribution in [-0.2, 0) is 28.4 Å². The maximum Gasteiger partial charge on any atom is 0.243 e. The number of rotatable bonds is 9. The van der Waals surface area contributed by atoms with E-state index in [1.807, 2.05) is 60.7 Å². The van der Waals surface area contributed by atoms with E-state index in [0.717, 1.165) is 28.2 Å². The van der Waals surface area contributed by atoms with Gasteiger partial charge in [-0.1, -0.05) is 52.3 Å². The predicted octanol–water partition coefficient (Wildman–Crippen LogP) is 4.99. The largest absolute Gasteiger partial charge is 0.497 e. The minimum absolute atomic E-state index is 0.249. The van der Waals surface area contributed by atoms with E-state index >= 15 is 0 Å². The van der Waals surface area contributed by atoms with E-state index in [1.165, 1.54) is 4.31 Å². The summed E-state index contributed by atoms with van der Waals surface area (Å²) in [4.78, 5) is 0.272. The third kappa shape index (κ3) is 5.41. The molecule has 0 radical (unpaired) electrons. The maximum absolute atomic E-state index is 13.5. The molecule has 0 aliphatic rings. The molecule has 0 fully saturated rings. The molecule has 0 heterocycles. The molecule has 158 valence electrons. The normalized spacial score (nSPS) is 11.5. The van der Waals surface area contributed by atoms with Crippen LogP contribution in [0.25, 0.3) is 0 Å². The second-order valence-electron chi connectivity index (χ2n) is 6.75. The lowest BCUT2D eigenvalue weighted by Gasteiger charge is -2.23. The van der Waals surface area contributed by atoms with E-state index in [-0.39, 0.29) is 18.0 Å². The minimum Gasteiger partial charge on any atom is -0.497 e. The highest BCUT2D eigenvalue weighted by atomic mass is 79.9. The molecular formula is C23H24BrNO4S. The van der Waals surface area contributed by atoms with Crippen molar-refractivity contribution in [2.24, 2.45) is 0 Å². The zero-order chi connectivity index (χ0) is 21.6. The Morgan fingerprint density at radius 2 is 1.10 bits per heavy atom. The van der Waals surface area contributed by atoms with Gasteiger partial charge in [0.05, 0.1) is 19.1 Å². The highest BCUT2D eigenvalue weighted by Crippen LogP contribution is 2.24. The lowest BCUT2D eigenvalue weighted by molar-refractivity contribution is 0.397. The number of methoxy groups -OCH3 is 2. The highest BCUT2D eigenvalue weighted by Gasteiger charge is 2.25. The average molecular weight is 490 g/mol. The first-order chi connectivity index (χ1) is 14.5. The molecule has 0 N–H and O–H groups in total. The molecule has 30 heavy (non-hydrogen) atoms. The second-order valence-corrected chi connectivity index (χ2v) is 9.25. The van der Waals surface area contributed by atoms with Crippen LogP contribution in [0.4, 0.5) is 0 Å². The summed E-state index contributed by atoms with van der Waals surface area (Å²) in [7, 11) is -0.492. The SMILES string of the molecule is COc1ccc(CN(Cc2ccc(OC)cc2)S(=O)(=O)c2ccc(CBr)cc2)cc1. The van der Waals surface area contributed by atoms with Crippen molar-refractivity contribution in [2.45, 2.75) is 23.3 Å². The van der Waals surface area contributed by atoms with Crippen LogP contribution in [0.1, 0.15) is 16.7 Å². The predicted molar refractivity (Wildman–Crippen MR) is 121 cm³/mol. The van der Waals surface area contributed by atoms with Crippen molar-refractivity contribution < 1.29 is 17.9 Å². The molecule has 7 heteroatoms. The average Bonchev–Trinajstić information content (AvgIpc) is 2.79. The van der Waals surface area contributed by atoms with Crippen LogP contribution in [0, 0.1) is 0 Å². The van der Waals surface area contributed by atoms with Gasteiger partial charge >= 0.3 is 0 Å². The molecule has 3 rings (SSSR count). The Bertz CT molecular complexity index is 1000. The summed E-state index contributed by atoms with van der Waals surface area (Å²) in [5.41, 5.74) is 2.78. The Kier molecular flexibility index (Phi) is 7.53. The fourth-order valence-corrected chi connectivity index (χ4v) is 4.78. The third-order valence-electron chi connectivity index (χ3n) is 4.75. The molecule has 0 saturated carbocycles. The van der Waals surface area contributed by atoms with Gasteiger partial charge in [0.2, 0.25) is 10.0 Å². The van der Waals surface area contributed by atoms with E-state index in [2.05, 4.69) is 15.9 Å². The van der Waals surface area contributed by atoms with Crippen LogP contribution in [0.3, 0.4) is 0 Å². The van der Waals surface area contributed by atoms with Gasteiger partial charge in [-0.2, -0.15) is 4.31 Å². The molecule has 0 aromatic heterocycles. The van der Waals surface area contributed by atoms with E-state index < -0.39 is 10.0 Å². The van der Waals surface area contributed by atoms with Gasteiger partial charge in [-0.05, 0) is 53.1 Å². The number of ether oxygens (including phenoxy) is 2. The summed E-state index contributed by atoms with van der Waals surface area (Å²) >= 11 is 3.39. The van der Waals surface area contributed by atoms with Crippen molar-refractivity contribution in [3.63, 3.8) is 0 Å². The Morgan fingerprint density at radius 1 is 0.700 bits per heavy atom. The molecule has 5 nitrogen and oxygen atoms in total. The van der Waals surface area contributed by atoms with Gasteiger partial charge in [0, 0.05) is 18.4 Å². The van der Waals surface area contributed by atoms with E-state index in [1.54, 1.807) is 26.4 Å². The highest BCUT2D eigenvalue weighted by molar-refractivity contribution is 9.08. The maximum atomic E-state index is 13.5. The first-order valence-corrected chi connectivity index (χ1v) is 11.9. The monoisotopic (exact) mass is 489 g/mol. The van der Waals surface area contributed by atoms with Crippen LogP contribution < -0.4 is 9.47 Å². The van der Waals surface area contributed by atoms with Crippen molar-refractivity contribution in [3.8, 4) is 11.5 Å². The zero-order valence-corrected chi connectivity index (χ0v) is 19.3. The molecule has 0 aliphatic heterocycles. The van der Waals surface area contributed by atoms with E-state index in [9.17, 15) is 8.42 Å². The van der Waals surface area contributed by atoms with E-state index in [4.69, 9.17) is 9.47 Å². The van der Waals surface area contributed by atoms with Crippen LogP contribution in [-0.4, -0.2) is 26.9 Å². The minimum atomic E-state index is -3.70. The molecule has 3 aromatic carbocycles. The number of benzene rings is 3. The van der Waals surface area contributed by atoms with Crippen molar-refractivity contribution in [2.75, 3.05) is 14.2 Å². The molecule has 0 aliphatic carbocycles. The van der Waals surface area contributed by atoms with Gasteiger partial charge in [-0.25, -0.2) is 8.42 Å². The number of hydrogen-bond acceptors (Lipinski definition) is 4. The molecule has 0 saturated heterocycles. The smallest absolute Gasteiger partial charge is 0.243 e. The molecule has 0 unspecified atom stereocenters. The van der Waals surface area contributed by atoms with Crippen LogP contribution in [0.15, 0.2) is 77.7 Å². The van der Waals surface area contributed by atoms with Gasteiger partial charge < -0.3 is 9.47 Å². The third-order valence-corrected chi connectivity index (χ3v) is 7.20. The summed E-state index contributed by atoms with van der Waals surface area (Å²) in [6, 6.07) is 21.8. The van der Waals surface area contributed by atoms with Gasteiger partial charge in [0.15, 0.2) is 0 Å². The summed E-state index contributed by atoms with van der Waals surface area (Å²) < 4.78 is 38.8. The topological polar surface area (TPSA) is 55.8 Å². The summed E-state index contributed by atoms with van der Waals surface area (Å²) in [5.74, 6) is 1.46. The van der Waals surface area contributed by atoms with Crippen LogP contribution in [0.2, 0.25) is 0 Å². The number of hydrogen-bond donors (Lipinski definition) is 0. The zero-order valence-electron chi connectivity index (χ0n) is 16.9. The summed E-state index contributed by atoms with van der Waals surface area (Å²) in [6.07, 6.45) is 0. The Hall–Kier alpha value is -2.35. The Morgan fingerprint density at radius 3 is 1.47 bits per heavy atom. The molecule has 3 aromatic rings. The van der Waals surface area contributed by atoms with E-state index in [0.29, 0.717) is 5.33 Å². The number of halogens is 1. The molecule has 0 bridgehead atoms. The molecular weight excluding hydrogens is 466 g/mol. The number of nitrogens with zero attached hydrogens (tertiary/aromatic N) is 1. The second kappa shape index (κ2) is 10.1. The van der Waals surface area contributed by atoms with Crippen molar-refractivity contribution in [3.05, 3.63) is 89.5 Å². The van der Waals surface area contributed by atoms with Gasteiger partial charge in [0.25, 0.3) is 0 Å². The first-order valence-electron chi connectivity index (χ1n) is 9.37. The fourth-order valence-electron chi connectivity index (χ4n) is 2.99. The lowest BCUT2D eigenvalue weighted by Crippen LogP contribution is -2.30. The number of alkyl halides is 1. The Balaban J connectivity index is 1.93. The van der Waals surface area contributed by atoms with Crippen molar-refractivity contribution >= 4 is 26.0 Å². The standard InChI is InChI=1S/C23H24BrNO4S/c1-28-21-9-3-19(4-10-21)16-25(17-20-5-11-22(29-2)12-6-20)30(26,27)23-13-7-18(15-24)8-14-23/h3-14H,15-17H2,1-2H3. The quantitative estimate of drug-likeness (QED) is 0.397. The number of sulfonamides is 1. The molecule has 0 amide bonds. The van der Waals surface area contributed by atoms with Gasteiger partial charge in [-0.15, -0.1) is 0 Å². The molecule has 0 atom stereocenters. The van der Waals surface area contributed by atoms with Crippen LogP contribution in [0.5, 0.6) is 11.5 Å². The lowest BCUT2D eigenvalue weighted by atomic mass is 10.2. The summed E-state index contributed by atoms with van der Waals surface area (Å²) in [6.45, 7) is 0.497. The first kappa shape index (κ1) is 22.3. The fraction of sp³-hybridized carbons (Fsp3) is 0.217. The van der Waals surface area contributed by atoms with Crippen LogP contribution >= 0.6 is 15.9 Å². The van der Waals surface area contributed by atoms with Gasteiger partial charge in [0.1, 0.15) is 11.5 Å².